The number of amides is 1. The molecule has 2 aromatic rings. The van der Waals surface area contributed by atoms with Crippen LogP contribution in [-0.4, -0.2) is 75.1 Å². The van der Waals surface area contributed by atoms with Crippen molar-refractivity contribution in [3.63, 3.8) is 0 Å². The van der Waals surface area contributed by atoms with E-state index in [0.717, 1.165) is 6.54 Å². The fourth-order valence-electron chi connectivity index (χ4n) is 4.03. The number of carbonyl (C=O) groups excluding carboxylic acids is 2. The van der Waals surface area contributed by atoms with Crippen molar-refractivity contribution in [3.05, 3.63) is 59.2 Å². The number of ketones is 1. The summed E-state index contributed by atoms with van der Waals surface area (Å²) in [4.78, 5) is 29.9. The number of ether oxygens (including phenoxy) is 3. The summed E-state index contributed by atoms with van der Waals surface area (Å²) < 4.78 is 16.3. The Balaban J connectivity index is 2.23. The van der Waals surface area contributed by atoms with Crippen LogP contribution in [0.2, 0.25) is 0 Å². The highest BCUT2D eigenvalue weighted by atomic mass is 16.5. The molecule has 1 amide bonds. The maximum Gasteiger partial charge on any atom is 0.295 e. The van der Waals surface area contributed by atoms with Crippen molar-refractivity contribution in [1.82, 2.24) is 9.80 Å². The molecule has 0 aliphatic carbocycles. The lowest BCUT2D eigenvalue weighted by molar-refractivity contribution is -0.140. The molecule has 0 bridgehead atoms. The van der Waals surface area contributed by atoms with Crippen LogP contribution in [0.4, 0.5) is 0 Å². The Hall–Kier alpha value is -3.52. The molecular weight excluding hydrogens is 424 g/mol. The lowest BCUT2D eigenvalue weighted by Gasteiger charge is -2.27. The number of Topliss-reactive ketones (excluding diaryl/α,β-unsaturated/α-hetero) is 1. The lowest BCUT2D eigenvalue weighted by atomic mass is 9.94. The van der Waals surface area contributed by atoms with Gasteiger partial charge in [-0.3, -0.25) is 9.59 Å². The predicted octanol–water partition coefficient (Wildman–Crippen LogP) is 3.09. The van der Waals surface area contributed by atoms with E-state index in [2.05, 4.69) is 0 Å². The van der Waals surface area contributed by atoms with E-state index in [9.17, 15) is 14.7 Å². The van der Waals surface area contributed by atoms with Crippen molar-refractivity contribution < 1.29 is 28.9 Å². The highest BCUT2D eigenvalue weighted by Crippen LogP contribution is 2.44. The SMILES string of the molecule is COc1ccc(OC)c(C2/C(=C(\O)c3ccccc3OC)C(=O)C(=O)N2CCCN(C)C)c1. The zero-order valence-electron chi connectivity index (χ0n) is 19.6. The van der Waals surface area contributed by atoms with E-state index >= 15 is 0 Å². The standard InChI is InChI=1S/C25H30N2O6/c1-26(2)13-8-14-27-22(18-15-16(31-3)11-12-20(18)33-5)21(24(29)25(27)30)23(28)17-9-6-7-10-19(17)32-4/h6-7,9-12,15,22,28H,8,13-14H2,1-5H3/b23-21+. The van der Waals surface area contributed by atoms with Crippen LogP contribution in [0, 0.1) is 0 Å². The van der Waals surface area contributed by atoms with Gasteiger partial charge in [0, 0.05) is 12.1 Å². The monoisotopic (exact) mass is 454 g/mol. The molecule has 1 unspecified atom stereocenters. The molecule has 1 fully saturated rings. The van der Waals surface area contributed by atoms with Gasteiger partial charge in [-0.05, 0) is 57.4 Å². The summed E-state index contributed by atoms with van der Waals surface area (Å²) in [7, 11) is 8.42. The molecule has 1 heterocycles. The van der Waals surface area contributed by atoms with Gasteiger partial charge in [-0.1, -0.05) is 12.1 Å². The van der Waals surface area contributed by atoms with Crippen LogP contribution in [0.25, 0.3) is 5.76 Å². The second kappa shape index (κ2) is 10.4. The van der Waals surface area contributed by atoms with Crippen molar-refractivity contribution in [1.29, 1.82) is 0 Å². The zero-order valence-corrected chi connectivity index (χ0v) is 19.6. The molecule has 8 heteroatoms. The van der Waals surface area contributed by atoms with E-state index in [-0.39, 0.29) is 11.3 Å². The van der Waals surface area contributed by atoms with Gasteiger partial charge in [-0.25, -0.2) is 0 Å². The van der Waals surface area contributed by atoms with Crippen molar-refractivity contribution in [2.24, 2.45) is 0 Å². The molecule has 1 saturated heterocycles. The molecule has 1 aliphatic heterocycles. The quantitative estimate of drug-likeness (QED) is 0.354. The van der Waals surface area contributed by atoms with Gasteiger partial charge in [-0.2, -0.15) is 0 Å². The summed E-state index contributed by atoms with van der Waals surface area (Å²) in [6, 6.07) is 11.2. The molecule has 8 nitrogen and oxygen atoms in total. The van der Waals surface area contributed by atoms with E-state index in [0.29, 0.717) is 41.3 Å². The Bertz CT molecular complexity index is 1060. The number of hydrogen-bond donors (Lipinski definition) is 1. The minimum absolute atomic E-state index is 0.0130. The van der Waals surface area contributed by atoms with Crippen LogP contribution in [0.5, 0.6) is 17.2 Å². The molecule has 33 heavy (non-hydrogen) atoms. The van der Waals surface area contributed by atoms with Crippen molar-refractivity contribution in [2.75, 3.05) is 48.5 Å². The van der Waals surface area contributed by atoms with E-state index in [4.69, 9.17) is 14.2 Å². The summed E-state index contributed by atoms with van der Waals surface area (Å²) in [6.45, 7) is 1.06. The molecular formula is C25H30N2O6. The van der Waals surface area contributed by atoms with Gasteiger partial charge >= 0.3 is 0 Å². The number of rotatable bonds is 9. The van der Waals surface area contributed by atoms with Crippen molar-refractivity contribution in [2.45, 2.75) is 12.5 Å². The average Bonchev–Trinajstić information content (AvgIpc) is 3.07. The van der Waals surface area contributed by atoms with Gasteiger partial charge in [0.25, 0.3) is 11.7 Å². The molecule has 3 rings (SSSR count). The van der Waals surface area contributed by atoms with Gasteiger partial charge in [0.15, 0.2) is 0 Å². The van der Waals surface area contributed by atoms with E-state index in [1.165, 1.54) is 26.2 Å². The number of para-hydroxylation sites is 1. The smallest absolute Gasteiger partial charge is 0.295 e. The first kappa shape index (κ1) is 24.1. The van der Waals surface area contributed by atoms with Crippen LogP contribution >= 0.6 is 0 Å². The van der Waals surface area contributed by atoms with Gasteiger partial charge in [0.1, 0.15) is 23.0 Å². The maximum atomic E-state index is 13.2. The van der Waals surface area contributed by atoms with E-state index in [1.54, 1.807) is 42.5 Å². The number of aliphatic hydroxyl groups is 1. The number of benzene rings is 2. The number of nitrogens with zero attached hydrogens (tertiary/aromatic N) is 2. The van der Waals surface area contributed by atoms with Crippen LogP contribution in [0.1, 0.15) is 23.6 Å². The minimum atomic E-state index is -0.845. The molecule has 0 saturated carbocycles. The van der Waals surface area contributed by atoms with Crippen LogP contribution in [0.3, 0.4) is 0 Å². The Labute approximate surface area is 194 Å². The molecule has 0 radical (unpaired) electrons. The molecule has 0 spiro atoms. The van der Waals surface area contributed by atoms with Crippen molar-refractivity contribution >= 4 is 17.4 Å². The lowest BCUT2D eigenvalue weighted by Crippen LogP contribution is -2.32. The maximum absolute atomic E-state index is 13.2. The minimum Gasteiger partial charge on any atom is -0.507 e. The summed E-state index contributed by atoms with van der Waals surface area (Å²) in [6.07, 6.45) is 0.650. The summed E-state index contributed by atoms with van der Waals surface area (Å²) in [5, 5.41) is 11.3. The van der Waals surface area contributed by atoms with Crippen molar-refractivity contribution in [3.8, 4) is 17.2 Å². The number of aliphatic hydroxyl groups excluding tert-OH is 1. The Morgan fingerprint density at radius 2 is 1.70 bits per heavy atom. The number of likely N-dealkylation sites (tertiary alicyclic amines) is 1. The highest BCUT2D eigenvalue weighted by molar-refractivity contribution is 6.46. The van der Waals surface area contributed by atoms with E-state index < -0.39 is 17.7 Å². The topological polar surface area (TPSA) is 88.5 Å². The van der Waals surface area contributed by atoms with Gasteiger partial charge in [-0.15, -0.1) is 0 Å². The first-order valence-electron chi connectivity index (χ1n) is 10.6. The van der Waals surface area contributed by atoms with Gasteiger partial charge < -0.3 is 29.1 Å². The Morgan fingerprint density at radius 1 is 1.00 bits per heavy atom. The number of methoxy groups -OCH3 is 3. The number of hydrogen-bond acceptors (Lipinski definition) is 7. The molecule has 1 atom stereocenters. The third-order valence-electron chi connectivity index (χ3n) is 5.64. The fraction of sp³-hybridized carbons (Fsp3) is 0.360. The summed E-state index contributed by atoms with van der Waals surface area (Å²) >= 11 is 0. The molecule has 176 valence electrons. The molecule has 1 aliphatic rings. The normalized spacial score (nSPS) is 17.5. The first-order chi connectivity index (χ1) is 15.8. The highest BCUT2D eigenvalue weighted by Gasteiger charge is 2.47. The Morgan fingerprint density at radius 3 is 2.33 bits per heavy atom. The zero-order chi connectivity index (χ0) is 24.1. The van der Waals surface area contributed by atoms with Gasteiger partial charge in [0.2, 0.25) is 0 Å². The second-order valence-electron chi connectivity index (χ2n) is 7.96. The second-order valence-corrected chi connectivity index (χ2v) is 7.96. The third-order valence-corrected chi connectivity index (χ3v) is 5.64. The fourth-order valence-corrected chi connectivity index (χ4v) is 4.03. The Kier molecular flexibility index (Phi) is 7.60. The molecule has 0 aromatic heterocycles. The molecule has 1 N–H and O–H groups in total. The van der Waals surface area contributed by atoms with E-state index in [1.807, 2.05) is 19.0 Å². The van der Waals surface area contributed by atoms with Crippen LogP contribution in [-0.2, 0) is 9.59 Å². The largest absolute Gasteiger partial charge is 0.507 e. The summed E-state index contributed by atoms with van der Waals surface area (Å²) in [5.41, 5.74) is 0.872. The predicted molar refractivity (Wildman–Crippen MR) is 125 cm³/mol. The average molecular weight is 455 g/mol. The number of carbonyl (C=O) groups is 2. The summed E-state index contributed by atoms with van der Waals surface area (Å²) in [5.74, 6) is -0.299. The third kappa shape index (κ3) is 4.80. The van der Waals surface area contributed by atoms with Crippen LogP contribution < -0.4 is 14.2 Å². The van der Waals surface area contributed by atoms with Crippen LogP contribution in [0.15, 0.2) is 48.0 Å². The first-order valence-corrected chi connectivity index (χ1v) is 10.6. The molecule has 2 aromatic carbocycles. The van der Waals surface area contributed by atoms with Gasteiger partial charge in [0.05, 0.1) is 38.5 Å².